The van der Waals surface area contributed by atoms with E-state index in [-0.39, 0.29) is 12.7 Å². The second kappa shape index (κ2) is 6.49. The molecule has 1 aromatic heterocycles. The first kappa shape index (κ1) is 17.0. The zero-order valence-corrected chi connectivity index (χ0v) is 15.9. The van der Waals surface area contributed by atoms with E-state index < -0.39 is 10.8 Å². The average Bonchev–Trinajstić information content (AvgIpc) is 3.37. The zero-order chi connectivity index (χ0) is 19.3. The van der Waals surface area contributed by atoms with Gasteiger partial charge < -0.3 is 14.8 Å². The summed E-state index contributed by atoms with van der Waals surface area (Å²) < 4.78 is 24.4. The average molecular weight is 395 g/mol. The number of ether oxygens (including phenoxy) is 2. The number of anilines is 1. The third kappa shape index (κ3) is 2.77. The maximum Gasteiger partial charge on any atom is 0.256 e. The molecule has 142 valence electrons. The summed E-state index contributed by atoms with van der Waals surface area (Å²) in [6, 6.07) is 12.9. The highest BCUT2D eigenvalue weighted by atomic mass is 32.2. The predicted molar refractivity (Wildman–Crippen MR) is 104 cm³/mol. The SMILES string of the molecule is Cc1ccccc1-n1nc2c(c1NC(=O)c1ccc3c(c1)OCO3)C[S@](=O)C2. The Morgan fingerprint density at radius 3 is 2.82 bits per heavy atom. The monoisotopic (exact) mass is 395 g/mol. The normalized spacial score (nSPS) is 16.8. The molecule has 2 aromatic carbocycles. The van der Waals surface area contributed by atoms with E-state index in [0.29, 0.717) is 34.4 Å². The fourth-order valence-electron chi connectivity index (χ4n) is 3.45. The van der Waals surface area contributed by atoms with Gasteiger partial charge in [-0.3, -0.25) is 9.00 Å². The van der Waals surface area contributed by atoms with Crippen molar-refractivity contribution >= 4 is 22.5 Å². The van der Waals surface area contributed by atoms with Crippen molar-refractivity contribution in [2.75, 3.05) is 12.1 Å². The van der Waals surface area contributed by atoms with Crippen LogP contribution in [0, 0.1) is 6.92 Å². The van der Waals surface area contributed by atoms with Crippen LogP contribution >= 0.6 is 0 Å². The minimum absolute atomic E-state index is 0.153. The van der Waals surface area contributed by atoms with Gasteiger partial charge in [-0.05, 0) is 36.8 Å². The lowest BCUT2D eigenvalue weighted by molar-refractivity contribution is 0.102. The first-order valence-corrected chi connectivity index (χ1v) is 10.3. The van der Waals surface area contributed by atoms with Crippen LogP contribution in [0.3, 0.4) is 0 Å². The molecule has 5 rings (SSSR count). The number of nitrogens with zero attached hydrogens (tertiary/aromatic N) is 2. The van der Waals surface area contributed by atoms with Gasteiger partial charge in [-0.1, -0.05) is 18.2 Å². The van der Waals surface area contributed by atoms with Gasteiger partial charge in [0, 0.05) is 21.9 Å². The molecule has 1 N–H and O–H groups in total. The Morgan fingerprint density at radius 1 is 1.14 bits per heavy atom. The molecule has 0 aliphatic carbocycles. The van der Waals surface area contributed by atoms with Crippen LogP contribution in [0.5, 0.6) is 11.5 Å². The third-order valence-corrected chi connectivity index (χ3v) is 6.09. The van der Waals surface area contributed by atoms with Crippen molar-refractivity contribution in [3.8, 4) is 17.2 Å². The number of rotatable bonds is 3. The number of para-hydroxylation sites is 1. The van der Waals surface area contributed by atoms with Crippen LogP contribution in [0.25, 0.3) is 5.69 Å². The van der Waals surface area contributed by atoms with Gasteiger partial charge in [-0.25, -0.2) is 4.68 Å². The van der Waals surface area contributed by atoms with Gasteiger partial charge in [0.05, 0.1) is 22.9 Å². The van der Waals surface area contributed by atoms with Gasteiger partial charge in [-0.2, -0.15) is 5.10 Å². The molecule has 1 amide bonds. The van der Waals surface area contributed by atoms with E-state index in [1.54, 1.807) is 22.9 Å². The maximum absolute atomic E-state index is 12.9. The summed E-state index contributed by atoms with van der Waals surface area (Å²) in [5.74, 6) is 2.24. The molecule has 0 unspecified atom stereocenters. The fourth-order valence-corrected chi connectivity index (χ4v) is 4.71. The fraction of sp³-hybridized carbons (Fsp3) is 0.200. The predicted octanol–water partition coefficient (Wildman–Crippen LogP) is 2.92. The number of hydrogen-bond donors (Lipinski definition) is 1. The molecule has 3 aromatic rings. The van der Waals surface area contributed by atoms with Gasteiger partial charge in [0.1, 0.15) is 5.82 Å². The Hall–Kier alpha value is -3.13. The first-order chi connectivity index (χ1) is 13.6. The molecular weight excluding hydrogens is 378 g/mol. The Labute approximate surface area is 163 Å². The lowest BCUT2D eigenvalue weighted by Crippen LogP contribution is -2.17. The Morgan fingerprint density at radius 2 is 1.96 bits per heavy atom. The summed E-state index contributed by atoms with van der Waals surface area (Å²) in [7, 11) is -0.991. The van der Waals surface area contributed by atoms with Crippen LogP contribution in [0.2, 0.25) is 0 Å². The molecule has 8 heteroatoms. The molecule has 0 fully saturated rings. The number of nitrogens with one attached hydrogen (secondary N) is 1. The quantitative estimate of drug-likeness (QED) is 0.737. The molecule has 7 nitrogen and oxygen atoms in total. The summed E-state index contributed by atoms with van der Waals surface area (Å²) in [4.78, 5) is 12.9. The lowest BCUT2D eigenvalue weighted by Gasteiger charge is -2.13. The number of fused-ring (bicyclic) bond motifs is 2. The summed E-state index contributed by atoms with van der Waals surface area (Å²) in [5, 5.41) is 7.62. The summed E-state index contributed by atoms with van der Waals surface area (Å²) in [5.41, 5.74) is 3.96. The molecule has 0 saturated heterocycles. The van der Waals surface area contributed by atoms with E-state index in [4.69, 9.17) is 9.47 Å². The summed E-state index contributed by atoms with van der Waals surface area (Å²) in [6.45, 7) is 2.14. The number of aromatic nitrogens is 2. The number of benzene rings is 2. The van der Waals surface area contributed by atoms with E-state index in [1.807, 2.05) is 31.2 Å². The molecule has 0 radical (unpaired) electrons. The van der Waals surface area contributed by atoms with Crippen LogP contribution in [-0.2, 0) is 22.3 Å². The first-order valence-electron chi connectivity index (χ1n) is 8.83. The Bertz CT molecular complexity index is 1140. The van der Waals surface area contributed by atoms with Crippen LogP contribution in [0.4, 0.5) is 5.82 Å². The van der Waals surface area contributed by atoms with Crippen molar-refractivity contribution < 1.29 is 18.5 Å². The highest BCUT2D eigenvalue weighted by Crippen LogP contribution is 2.34. The smallest absolute Gasteiger partial charge is 0.256 e. The molecule has 2 aliphatic rings. The number of aryl methyl sites for hydroxylation is 1. The van der Waals surface area contributed by atoms with Crippen LogP contribution < -0.4 is 14.8 Å². The minimum atomic E-state index is -0.991. The van der Waals surface area contributed by atoms with Crippen molar-refractivity contribution in [3.05, 3.63) is 64.8 Å². The van der Waals surface area contributed by atoms with Gasteiger partial charge in [0.15, 0.2) is 11.5 Å². The molecular formula is C20H17N3O4S. The second-order valence-electron chi connectivity index (χ2n) is 6.72. The highest BCUT2D eigenvalue weighted by Gasteiger charge is 2.29. The number of carbonyl (C=O) groups excluding carboxylic acids is 1. The van der Waals surface area contributed by atoms with Crippen LogP contribution in [0.15, 0.2) is 42.5 Å². The molecule has 2 aliphatic heterocycles. The van der Waals surface area contributed by atoms with Crippen molar-refractivity contribution in [2.24, 2.45) is 0 Å². The molecule has 1 atom stereocenters. The van der Waals surface area contributed by atoms with E-state index in [9.17, 15) is 9.00 Å². The van der Waals surface area contributed by atoms with Crippen molar-refractivity contribution in [1.82, 2.24) is 9.78 Å². The minimum Gasteiger partial charge on any atom is -0.454 e. The molecule has 3 heterocycles. The van der Waals surface area contributed by atoms with Gasteiger partial charge in [-0.15, -0.1) is 0 Å². The molecule has 28 heavy (non-hydrogen) atoms. The maximum atomic E-state index is 12.9. The lowest BCUT2D eigenvalue weighted by atomic mass is 10.1. The zero-order valence-electron chi connectivity index (χ0n) is 15.1. The highest BCUT2D eigenvalue weighted by molar-refractivity contribution is 7.83. The summed E-state index contributed by atoms with van der Waals surface area (Å²) >= 11 is 0. The van der Waals surface area contributed by atoms with E-state index in [0.717, 1.165) is 22.5 Å². The van der Waals surface area contributed by atoms with Crippen molar-refractivity contribution in [1.29, 1.82) is 0 Å². The Kier molecular flexibility index (Phi) is 3.94. The van der Waals surface area contributed by atoms with Gasteiger partial charge in [0.2, 0.25) is 6.79 Å². The van der Waals surface area contributed by atoms with Gasteiger partial charge >= 0.3 is 0 Å². The molecule has 0 bridgehead atoms. The second-order valence-corrected chi connectivity index (χ2v) is 8.18. The summed E-state index contributed by atoms with van der Waals surface area (Å²) in [6.07, 6.45) is 0. The number of amides is 1. The largest absolute Gasteiger partial charge is 0.454 e. The number of carbonyl (C=O) groups is 1. The van der Waals surface area contributed by atoms with E-state index in [2.05, 4.69) is 10.4 Å². The molecule has 0 saturated carbocycles. The Balaban J connectivity index is 1.55. The van der Waals surface area contributed by atoms with Crippen LogP contribution in [0.1, 0.15) is 27.2 Å². The van der Waals surface area contributed by atoms with E-state index >= 15 is 0 Å². The van der Waals surface area contributed by atoms with Crippen molar-refractivity contribution in [2.45, 2.75) is 18.4 Å². The molecule has 0 spiro atoms. The number of hydrogen-bond acceptors (Lipinski definition) is 5. The standard InChI is InChI=1S/C20H17N3O4S/c1-12-4-2-3-5-16(12)23-19(14-9-28(25)10-15(14)22-23)21-20(24)13-6-7-17-18(8-13)27-11-26-17/h2-8H,9-11H2,1H3,(H,21,24)/t28-/m0/s1. The van der Waals surface area contributed by atoms with Crippen LogP contribution in [-0.4, -0.2) is 26.7 Å². The van der Waals surface area contributed by atoms with Gasteiger partial charge in [0.25, 0.3) is 5.91 Å². The van der Waals surface area contributed by atoms with Crippen molar-refractivity contribution in [3.63, 3.8) is 0 Å². The third-order valence-electron chi connectivity index (χ3n) is 4.88. The topological polar surface area (TPSA) is 82.5 Å². The van der Waals surface area contributed by atoms with E-state index in [1.165, 1.54) is 0 Å².